The number of imidazole rings is 1. The number of aromatic amines is 2. The largest absolute Gasteiger partial charge is 0.335 e. The highest BCUT2D eigenvalue weighted by molar-refractivity contribution is 5.97. The molecule has 1 amide bonds. The molecule has 0 atom stereocenters. The van der Waals surface area contributed by atoms with Gasteiger partial charge in [0.15, 0.2) is 5.82 Å². The van der Waals surface area contributed by atoms with Gasteiger partial charge in [-0.3, -0.25) is 24.8 Å². The summed E-state index contributed by atoms with van der Waals surface area (Å²) in [6, 6.07) is 10.3. The molecule has 0 aliphatic rings. The number of amides is 1. The van der Waals surface area contributed by atoms with Crippen LogP contribution in [-0.2, 0) is 4.79 Å². The first kappa shape index (κ1) is 22.5. The zero-order valence-corrected chi connectivity index (χ0v) is 19.8. The number of nitrogens with one attached hydrogen (secondary N) is 3. The maximum absolute atomic E-state index is 14.5. The maximum atomic E-state index is 14.5. The summed E-state index contributed by atoms with van der Waals surface area (Å²) < 4.78 is 14.5. The number of hydrogen-bond donors (Lipinski definition) is 3. The van der Waals surface area contributed by atoms with Crippen LogP contribution in [0.3, 0.4) is 0 Å². The van der Waals surface area contributed by atoms with Crippen molar-refractivity contribution >= 4 is 33.5 Å². The van der Waals surface area contributed by atoms with Crippen LogP contribution in [0.15, 0.2) is 67.4 Å². The number of pyridine rings is 3. The fraction of sp³-hybridized carbons (Fsp3) is 0.111. The Morgan fingerprint density at radius 2 is 1.86 bits per heavy atom. The predicted molar refractivity (Wildman–Crippen MR) is 139 cm³/mol. The number of fused-ring (bicyclic) bond motifs is 2. The molecule has 0 saturated carbocycles. The molecule has 0 aliphatic carbocycles. The van der Waals surface area contributed by atoms with Crippen molar-refractivity contribution in [3.63, 3.8) is 0 Å². The van der Waals surface area contributed by atoms with Gasteiger partial charge in [-0.1, -0.05) is 25.1 Å². The van der Waals surface area contributed by atoms with E-state index in [0.717, 1.165) is 22.9 Å². The summed E-state index contributed by atoms with van der Waals surface area (Å²) in [6.07, 6.45) is 9.46. The van der Waals surface area contributed by atoms with Gasteiger partial charge in [0, 0.05) is 40.9 Å². The Kier molecular flexibility index (Phi) is 5.61. The monoisotopic (exact) mass is 492 g/mol. The third kappa shape index (κ3) is 4.18. The summed E-state index contributed by atoms with van der Waals surface area (Å²) in [5, 5.41) is 11.1. The van der Waals surface area contributed by atoms with Crippen LogP contribution in [0.1, 0.15) is 19.8 Å². The first-order valence-electron chi connectivity index (χ1n) is 11.8. The van der Waals surface area contributed by atoms with Gasteiger partial charge < -0.3 is 10.3 Å². The summed E-state index contributed by atoms with van der Waals surface area (Å²) in [6.45, 7) is 1.95. The van der Waals surface area contributed by atoms with E-state index in [4.69, 9.17) is 4.98 Å². The molecule has 0 aliphatic heterocycles. The van der Waals surface area contributed by atoms with Crippen molar-refractivity contribution in [1.82, 2.24) is 35.1 Å². The lowest BCUT2D eigenvalue weighted by Gasteiger charge is -2.06. The third-order valence-electron chi connectivity index (χ3n) is 6.02. The molecule has 0 bridgehead atoms. The highest BCUT2D eigenvalue weighted by Crippen LogP contribution is 2.33. The second-order valence-corrected chi connectivity index (χ2v) is 8.60. The van der Waals surface area contributed by atoms with Crippen LogP contribution in [-0.4, -0.2) is 41.0 Å². The van der Waals surface area contributed by atoms with Gasteiger partial charge in [0.2, 0.25) is 5.91 Å². The van der Waals surface area contributed by atoms with Crippen molar-refractivity contribution in [1.29, 1.82) is 0 Å². The average Bonchev–Trinajstić information content (AvgIpc) is 3.53. The first-order chi connectivity index (χ1) is 18.1. The smallest absolute Gasteiger partial charge is 0.224 e. The van der Waals surface area contributed by atoms with Gasteiger partial charge in [-0.15, -0.1) is 0 Å². The van der Waals surface area contributed by atoms with E-state index in [1.807, 2.05) is 19.1 Å². The number of halogens is 1. The Morgan fingerprint density at radius 1 is 1.00 bits per heavy atom. The van der Waals surface area contributed by atoms with Crippen LogP contribution in [0.5, 0.6) is 0 Å². The molecule has 3 N–H and O–H groups in total. The predicted octanol–water partition coefficient (Wildman–Crippen LogP) is 5.50. The number of nitrogens with zero attached hydrogens (tertiary/aromatic N) is 5. The fourth-order valence-corrected chi connectivity index (χ4v) is 4.28. The van der Waals surface area contributed by atoms with Gasteiger partial charge in [-0.05, 0) is 24.6 Å². The average molecular weight is 493 g/mol. The van der Waals surface area contributed by atoms with Crippen molar-refractivity contribution in [3.05, 3.63) is 73.2 Å². The summed E-state index contributed by atoms with van der Waals surface area (Å²) in [7, 11) is 0. The highest BCUT2D eigenvalue weighted by atomic mass is 19.1. The topological polar surface area (TPSA) is 125 Å². The molecule has 0 saturated heterocycles. The van der Waals surface area contributed by atoms with Crippen molar-refractivity contribution in [2.75, 3.05) is 5.32 Å². The van der Waals surface area contributed by atoms with E-state index >= 15 is 0 Å². The number of anilines is 1. The molecule has 37 heavy (non-hydrogen) atoms. The van der Waals surface area contributed by atoms with E-state index in [1.165, 1.54) is 6.07 Å². The molecule has 10 heteroatoms. The van der Waals surface area contributed by atoms with Gasteiger partial charge in [-0.25, -0.2) is 9.37 Å². The number of benzene rings is 1. The van der Waals surface area contributed by atoms with Gasteiger partial charge in [-0.2, -0.15) is 5.10 Å². The van der Waals surface area contributed by atoms with Crippen LogP contribution in [0.25, 0.3) is 55.8 Å². The highest BCUT2D eigenvalue weighted by Gasteiger charge is 2.18. The van der Waals surface area contributed by atoms with E-state index in [9.17, 15) is 9.18 Å². The Balaban J connectivity index is 1.41. The van der Waals surface area contributed by atoms with Crippen LogP contribution < -0.4 is 5.32 Å². The Hall–Kier alpha value is -4.99. The Labute approximate surface area is 210 Å². The summed E-state index contributed by atoms with van der Waals surface area (Å²) in [5.74, 6) is 0.114. The lowest BCUT2D eigenvalue weighted by Crippen LogP contribution is -2.10. The molecule has 6 rings (SSSR count). The number of hydrogen-bond acceptors (Lipinski definition) is 6. The van der Waals surface area contributed by atoms with Crippen LogP contribution in [0.4, 0.5) is 10.1 Å². The molecular weight excluding hydrogens is 471 g/mol. The number of carbonyl (C=O) groups excluding carboxylic acids is 1. The number of H-pyrrole nitrogens is 2. The molecule has 0 unspecified atom stereocenters. The van der Waals surface area contributed by atoms with Crippen LogP contribution >= 0.6 is 0 Å². The molecule has 5 heterocycles. The fourth-order valence-electron chi connectivity index (χ4n) is 4.28. The summed E-state index contributed by atoms with van der Waals surface area (Å²) in [4.78, 5) is 33.1. The molecule has 182 valence electrons. The van der Waals surface area contributed by atoms with E-state index in [1.54, 1.807) is 49.2 Å². The summed E-state index contributed by atoms with van der Waals surface area (Å²) >= 11 is 0. The minimum atomic E-state index is -0.344. The van der Waals surface area contributed by atoms with Crippen LogP contribution in [0.2, 0.25) is 0 Å². The summed E-state index contributed by atoms with van der Waals surface area (Å²) in [5.41, 5.74) is 5.63. The zero-order chi connectivity index (χ0) is 25.4. The maximum Gasteiger partial charge on any atom is 0.224 e. The van der Waals surface area contributed by atoms with Crippen molar-refractivity contribution in [2.24, 2.45) is 0 Å². The standard InChI is InChI=1S/C27H21FN8O/c1-2-5-24(37)32-16-8-15(10-29-11-16)21-9-18-22(14-31-21)35-36-26(18)27-33-23-13-30-12-19(25(23)34-27)17-6-3-4-7-20(17)28/h3-4,6-14H,2,5H2,1H3,(H,32,37)(H,33,34)(H,35,36). The normalized spacial score (nSPS) is 11.3. The van der Waals surface area contributed by atoms with Crippen LogP contribution in [0, 0.1) is 5.82 Å². The van der Waals surface area contributed by atoms with Gasteiger partial charge in [0.1, 0.15) is 17.0 Å². The first-order valence-corrected chi connectivity index (χ1v) is 11.8. The van der Waals surface area contributed by atoms with E-state index in [0.29, 0.717) is 51.5 Å². The molecular formula is C27H21FN8O. The minimum Gasteiger partial charge on any atom is -0.335 e. The zero-order valence-electron chi connectivity index (χ0n) is 19.8. The van der Waals surface area contributed by atoms with Crippen molar-refractivity contribution in [3.8, 4) is 33.9 Å². The Morgan fingerprint density at radius 3 is 2.73 bits per heavy atom. The molecule has 0 radical (unpaired) electrons. The quantitative estimate of drug-likeness (QED) is 0.282. The van der Waals surface area contributed by atoms with E-state index in [-0.39, 0.29) is 11.7 Å². The molecule has 0 fully saturated rings. The van der Waals surface area contributed by atoms with Gasteiger partial charge in [0.25, 0.3) is 0 Å². The molecule has 1 aromatic carbocycles. The minimum absolute atomic E-state index is 0.0592. The lowest BCUT2D eigenvalue weighted by atomic mass is 10.1. The van der Waals surface area contributed by atoms with Crippen molar-refractivity contribution in [2.45, 2.75) is 19.8 Å². The SMILES string of the molecule is CCCC(=O)Nc1cncc(-c2cc3c(-c4nc5c(-c6ccccc6F)cncc5[nH]4)n[nH]c3cn2)c1. The van der Waals surface area contributed by atoms with Crippen molar-refractivity contribution < 1.29 is 9.18 Å². The third-order valence-corrected chi connectivity index (χ3v) is 6.02. The van der Waals surface area contributed by atoms with E-state index < -0.39 is 0 Å². The number of carbonyl (C=O) groups is 1. The molecule has 6 aromatic rings. The Bertz CT molecular complexity index is 1770. The molecule has 0 spiro atoms. The lowest BCUT2D eigenvalue weighted by molar-refractivity contribution is -0.116. The molecule has 9 nitrogen and oxygen atoms in total. The van der Waals surface area contributed by atoms with E-state index in [2.05, 4.69) is 35.5 Å². The van der Waals surface area contributed by atoms with Gasteiger partial charge in [0.05, 0.1) is 41.0 Å². The van der Waals surface area contributed by atoms with Gasteiger partial charge >= 0.3 is 0 Å². The second kappa shape index (κ2) is 9.23. The molecule has 5 aromatic heterocycles. The number of rotatable bonds is 6. The second-order valence-electron chi connectivity index (χ2n) is 8.60. The number of aromatic nitrogens is 7.